The van der Waals surface area contributed by atoms with Gasteiger partial charge in [0.2, 0.25) is 0 Å². The van der Waals surface area contributed by atoms with Crippen LogP contribution in [0.2, 0.25) is 0 Å². The zero-order valence-electron chi connectivity index (χ0n) is 8.50. The Balaban J connectivity index is 2.99. The Labute approximate surface area is 83.6 Å². The minimum atomic E-state index is -0.685. The molecular weight excluding hydrogens is 181 g/mol. The van der Waals surface area contributed by atoms with E-state index in [1.807, 2.05) is 13.8 Å². The van der Waals surface area contributed by atoms with E-state index in [0.717, 1.165) is 5.56 Å². The number of aliphatic hydroxyl groups excluding tert-OH is 1. The third kappa shape index (κ3) is 2.30. The van der Waals surface area contributed by atoms with E-state index in [2.05, 4.69) is 0 Å². The van der Waals surface area contributed by atoms with Gasteiger partial charge in [0, 0.05) is 0 Å². The van der Waals surface area contributed by atoms with Gasteiger partial charge in [-0.25, -0.2) is 4.39 Å². The second-order valence-corrected chi connectivity index (χ2v) is 3.66. The van der Waals surface area contributed by atoms with Crippen LogP contribution in [0.5, 0.6) is 0 Å². The first-order valence-electron chi connectivity index (χ1n) is 4.70. The molecule has 0 saturated carbocycles. The molecule has 0 aliphatic heterocycles. The minimum Gasteiger partial charge on any atom is -0.388 e. The number of nitrogens with two attached hydrogens (primary N) is 1. The summed E-state index contributed by atoms with van der Waals surface area (Å²) in [6, 6.07) is 4.42. The number of hydrogen-bond donors (Lipinski definition) is 2. The van der Waals surface area contributed by atoms with E-state index in [0.29, 0.717) is 12.1 Å². The third-order valence-corrected chi connectivity index (χ3v) is 2.47. The summed E-state index contributed by atoms with van der Waals surface area (Å²) in [5.74, 6) is -0.385. The summed E-state index contributed by atoms with van der Waals surface area (Å²) in [6.07, 6.45) is -0.685. The van der Waals surface area contributed by atoms with Gasteiger partial charge in [0.15, 0.2) is 0 Å². The molecule has 0 aliphatic carbocycles. The smallest absolute Gasteiger partial charge is 0.123 e. The zero-order chi connectivity index (χ0) is 10.7. The molecule has 14 heavy (non-hydrogen) atoms. The summed E-state index contributed by atoms with van der Waals surface area (Å²) >= 11 is 0. The predicted molar refractivity (Wildman–Crippen MR) is 54.3 cm³/mol. The van der Waals surface area contributed by atoms with Crippen molar-refractivity contribution in [1.29, 1.82) is 0 Å². The van der Waals surface area contributed by atoms with E-state index >= 15 is 0 Å². The van der Waals surface area contributed by atoms with Crippen molar-refractivity contribution in [1.82, 2.24) is 0 Å². The van der Waals surface area contributed by atoms with Gasteiger partial charge in [-0.3, -0.25) is 0 Å². The van der Waals surface area contributed by atoms with Crippen molar-refractivity contribution in [2.45, 2.75) is 20.0 Å². The van der Waals surface area contributed by atoms with Crippen molar-refractivity contribution < 1.29 is 9.50 Å². The molecular formula is C11H16FNO. The zero-order valence-corrected chi connectivity index (χ0v) is 8.50. The molecule has 1 aromatic carbocycles. The molecule has 0 amide bonds. The van der Waals surface area contributed by atoms with Crippen LogP contribution in [0.1, 0.15) is 24.2 Å². The van der Waals surface area contributed by atoms with Crippen molar-refractivity contribution in [2.24, 2.45) is 11.7 Å². The summed E-state index contributed by atoms with van der Waals surface area (Å²) in [5.41, 5.74) is 6.96. The van der Waals surface area contributed by atoms with E-state index in [1.165, 1.54) is 12.1 Å². The monoisotopic (exact) mass is 197 g/mol. The summed E-state index contributed by atoms with van der Waals surface area (Å²) in [5, 5.41) is 9.85. The maximum absolute atomic E-state index is 12.9. The maximum atomic E-state index is 12.9. The molecule has 0 spiro atoms. The van der Waals surface area contributed by atoms with Gasteiger partial charge in [0.05, 0.1) is 6.10 Å². The molecule has 1 aromatic rings. The molecule has 0 aromatic heterocycles. The first-order valence-corrected chi connectivity index (χ1v) is 4.70. The Morgan fingerprint density at radius 2 is 2.14 bits per heavy atom. The lowest BCUT2D eigenvalue weighted by Crippen LogP contribution is -2.19. The van der Waals surface area contributed by atoms with Gasteiger partial charge in [-0.2, -0.15) is 0 Å². The fraction of sp³-hybridized carbons (Fsp3) is 0.455. The van der Waals surface area contributed by atoms with Gasteiger partial charge in [-0.05, 0) is 42.6 Å². The molecule has 0 saturated heterocycles. The van der Waals surface area contributed by atoms with Crippen LogP contribution in [0.15, 0.2) is 18.2 Å². The van der Waals surface area contributed by atoms with Crippen molar-refractivity contribution in [3.8, 4) is 0 Å². The van der Waals surface area contributed by atoms with Gasteiger partial charge in [0.1, 0.15) is 5.82 Å². The second kappa shape index (κ2) is 4.53. The molecule has 2 nitrogen and oxygen atoms in total. The van der Waals surface area contributed by atoms with Gasteiger partial charge in [0.25, 0.3) is 0 Å². The van der Waals surface area contributed by atoms with Crippen molar-refractivity contribution in [3.05, 3.63) is 35.1 Å². The second-order valence-electron chi connectivity index (χ2n) is 3.66. The van der Waals surface area contributed by atoms with E-state index in [9.17, 15) is 9.50 Å². The fourth-order valence-corrected chi connectivity index (χ4v) is 1.37. The molecule has 0 fully saturated rings. The van der Waals surface area contributed by atoms with E-state index in [1.54, 1.807) is 6.07 Å². The van der Waals surface area contributed by atoms with Crippen LogP contribution in [0, 0.1) is 18.7 Å². The molecule has 0 aliphatic rings. The highest BCUT2D eigenvalue weighted by atomic mass is 19.1. The Hall–Kier alpha value is -0.930. The van der Waals surface area contributed by atoms with Crippen molar-refractivity contribution in [2.75, 3.05) is 6.54 Å². The largest absolute Gasteiger partial charge is 0.388 e. The van der Waals surface area contributed by atoms with Crippen LogP contribution < -0.4 is 5.73 Å². The van der Waals surface area contributed by atoms with Crippen LogP contribution in [-0.4, -0.2) is 11.7 Å². The standard InChI is InChI=1S/C11H16FNO/c1-7-3-4-9(12)5-10(7)11(14)8(2)6-13/h3-5,8,11,14H,6,13H2,1-2H3. The fourth-order valence-electron chi connectivity index (χ4n) is 1.37. The lowest BCUT2D eigenvalue weighted by Gasteiger charge is -2.19. The molecule has 0 heterocycles. The summed E-state index contributed by atoms with van der Waals surface area (Å²) < 4.78 is 12.9. The first kappa shape index (κ1) is 11.1. The molecule has 0 radical (unpaired) electrons. The van der Waals surface area contributed by atoms with Crippen LogP contribution in [-0.2, 0) is 0 Å². The third-order valence-electron chi connectivity index (χ3n) is 2.47. The number of benzene rings is 1. The molecule has 3 heteroatoms. The quantitative estimate of drug-likeness (QED) is 0.775. The number of hydrogen-bond acceptors (Lipinski definition) is 2. The highest BCUT2D eigenvalue weighted by molar-refractivity contribution is 5.28. The van der Waals surface area contributed by atoms with Crippen LogP contribution >= 0.6 is 0 Å². The normalized spacial score (nSPS) is 15.2. The molecule has 2 atom stereocenters. The Kier molecular flexibility index (Phi) is 3.61. The average Bonchev–Trinajstić information content (AvgIpc) is 2.19. The van der Waals surface area contributed by atoms with Crippen molar-refractivity contribution >= 4 is 0 Å². The number of aryl methyl sites for hydroxylation is 1. The van der Waals surface area contributed by atoms with Crippen LogP contribution in [0.4, 0.5) is 4.39 Å². The Morgan fingerprint density at radius 1 is 1.50 bits per heavy atom. The van der Waals surface area contributed by atoms with Gasteiger partial charge in [-0.15, -0.1) is 0 Å². The average molecular weight is 197 g/mol. The van der Waals surface area contributed by atoms with Gasteiger partial charge < -0.3 is 10.8 Å². The molecule has 78 valence electrons. The summed E-state index contributed by atoms with van der Waals surface area (Å²) in [4.78, 5) is 0. The van der Waals surface area contributed by atoms with E-state index < -0.39 is 6.10 Å². The van der Waals surface area contributed by atoms with Crippen LogP contribution in [0.3, 0.4) is 0 Å². The molecule has 1 rings (SSSR count). The highest BCUT2D eigenvalue weighted by Crippen LogP contribution is 2.24. The highest BCUT2D eigenvalue weighted by Gasteiger charge is 2.17. The Bertz CT molecular complexity index is 314. The summed E-state index contributed by atoms with van der Waals surface area (Å²) in [6.45, 7) is 4.08. The van der Waals surface area contributed by atoms with Gasteiger partial charge >= 0.3 is 0 Å². The SMILES string of the molecule is Cc1ccc(F)cc1C(O)C(C)CN. The Morgan fingerprint density at radius 3 is 2.71 bits per heavy atom. The van der Waals surface area contributed by atoms with E-state index in [-0.39, 0.29) is 11.7 Å². The molecule has 3 N–H and O–H groups in total. The van der Waals surface area contributed by atoms with Crippen LogP contribution in [0.25, 0.3) is 0 Å². The lowest BCUT2D eigenvalue weighted by molar-refractivity contribution is 0.121. The number of rotatable bonds is 3. The maximum Gasteiger partial charge on any atom is 0.123 e. The summed E-state index contributed by atoms with van der Waals surface area (Å²) in [7, 11) is 0. The molecule has 2 unspecified atom stereocenters. The van der Waals surface area contributed by atoms with Gasteiger partial charge in [-0.1, -0.05) is 13.0 Å². The van der Waals surface area contributed by atoms with E-state index in [4.69, 9.17) is 5.73 Å². The number of halogens is 1. The topological polar surface area (TPSA) is 46.2 Å². The van der Waals surface area contributed by atoms with Crippen molar-refractivity contribution in [3.63, 3.8) is 0 Å². The minimum absolute atomic E-state index is 0.0597. The first-order chi connectivity index (χ1) is 6.56. The molecule has 0 bridgehead atoms. The lowest BCUT2D eigenvalue weighted by atomic mass is 9.94. The number of aliphatic hydroxyl groups is 1. The predicted octanol–water partition coefficient (Wildman–Crippen LogP) is 1.76.